The van der Waals surface area contributed by atoms with Crippen molar-refractivity contribution in [3.8, 4) is 5.69 Å². The minimum Gasteiger partial charge on any atom is -0.341 e. The fourth-order valence-electron chi connectivity index (χ4n) is 2.13. The van der Waals surface area contributed by atoms with Gasteiger partial charge in [0.25, 0.3) is 0 Å². The van der Waals surface area contributed by atoms with E-state index in [1.54, 1.807) is 4.90 Å². The van der Waals surface area contributed by atoms with E-state index in [1.165, 1.54) is 0 Å². The van der Waals surface area contributed by atoms with Crippen LogP contribution < -0.4 is 0 Å². The Morgan fingerprint density at radius 3 is 2.67 bits per heavy atom. The highest BCUT2D eigenvalue weighted by Gasteiger charge is 2.11. The molecule has 0 aliphatic rings. The van der Waals surface area contributed by atoms with Crippen molar-refractivity contribution in [2.75, 3.05) is 7.05 Å². The Morgan fingerprint density at radius 2 is 2.00 bits per heavy atom. The normalized spacial score (nSPS) is 10.9. The van der Waals surface area contributed by atoms with E-state index in [-0.39, 0.29) is 5.91 Å². The zero-order valence-corrected chi connectivity index (χ0v) is 13.0. The molecule has 4 nitrogen and oxygen atoms in total. The van der Waals surface area contributed by atoms with Crippen LogP contribution in [-0.2, 0) is 11.3 Å². The standard InChI is InChI=1S/C17H23N3O/c1-14(2)9-10-17(21)19(3)12-15-11-18-20(13-15)16-7-5-4-6-8-16/h4-8,11,13-14H,9-10,12H2,1-3H3. The second-order valence-corrected chi connectivity index (χ2v) is 5.81. The number of rotatable bonds is 6. The van der Waals surface area contributed by atoms with Crippen molar-refractivity contribution in [2.45, 2.75) is 33.2 Å². The van der Waals surface area contributed by atoms with E-state index < -0.39 is 0 Å². The van der Waals surface area contributed by atoms with Crippen LogP contribution in [0.15, 0.2) is 42.7 Å². The maximum Gasteiger partial charge on any atom is 0.222 e. The average molecular weight is 285 g/mol. The summed E-state index contributed by atoms with van der Waals surface area (Å²) in [6.45, 7) is 4.87. The van der Waals surface area contributed by atoms with Crippen molar-refractivity contribution in [1.29, 1.82) is 0 Å². The van der Waals surface area contributed by atoms with Gasteiger partial charge in [-0.15, -0.1) is 0 Å². The van der Waals surface area contributed by atoms with E-state index in [2.05, 4.69) is 18.9 Å². The average Bonchev–Trinajstić information content (AvgIpc) is 2.94. The van der Waals surface area contributed by atoms with Gasteiger partial charge in [0.15, 0.2) is 0 Å². The van der Waals surface area contributed by atoms with Gasteiger partial charge in [-0.2, -0.15) is 5.10 Å². The number of nitrogens with zero attached hydrogens (tertiary/aromatic N) is 3. The lowest BCUT2D eigenvalue weighted by atomic mass is 10.1. The molecular formula is C17H23N3O. The smallest absolute Gasteiger partial charge is 0.222 e. The van der Waals surface area contributed by atoms with E-state index in [0.29, 0.717) is 18.9 Å². The third-order valence-corrected chi connectivity index (χ3v) is 3.44. The topological polar surface area (TPSA) is 38.1 Å². The molecule has 0 aliphatic carbocycles. The zero-order chi connectivity index (χ0) is 15.2. The molecule has 2 rings (SSSR count). The van der Waals surface area contributed by atoms with Crippen LogP contribution in [0.3, 0.4) is 0 Å². The van der Waals surface area contributed by atoms with Gasteiger partial charge in [-0.05, 0) is 24.5 Å². The summed E-state index contributed by atoms with van der Waals surface area (Å²) < 4.78 is 1.84. The van der Waals surface area contributed by atoms with E-state index >= 15 is 0 Å². The van der Waals surface area contributed by atoms with Gasteiger partial charge in [0, 0.05) is 31.8 Å². The van der Waals surface area contributed by atoms with Crippen LogP contribution in [0.2, 0.25) is 0 Å². The number of aromatic nitrogens is 2. The maximum absolute atomic E-state index is 12.0. The lowest BCUT2D eigenvalue weighted by Crippen LogP contribution is -2.26. The Kier molecular flexibility index (Phi) is 5.14. The van der Waals surface area contributed by atoms with Gasteiger partial charge in [0.05, 0.1) is 11.9 Å². The first-order chi connectivity index (χ1) is 10.1. The Morgan fingerprint density at radius 1 is 1.29 bits per heavy atom. The van der Waals surface area contributed by atoms with E-state index in [0.717, 1.165) is 17.7 Å². The molecule has 0 atom stereocenters. The van der Waals surface area contributed by atoms with Gasteiger partial charge >= 0.3 is 0 Å². The molecule has 0 saturated heterocycles. The maximum atomic E-state index is 12.0. The molecule has 0 saturated carbocycles. The molecule has 0 aliphatic heterocycles. The van der Waals surface area contributed by atoms with Crippen LogP contribution in [-0.4, -0.2) is 27.6 Å². The number of carbonyl (C=O) groups is 1. The molecule has 0 spiro atoms. The van der Waals surface area contributed by atoms with Crippen LogP contribution in [0.25, 0.3) is 5.69 Å². The molecule has 4 heteroatoms. The number of hydrogen-bond acceptors (Lipinski definition) is 2. The molecule has 0 fully saturated rings. The van der Waals surface area contributed by atoms with Crippen molar-refractivity contribution < 1.29 is 4.79 Å². The molecule has 1 aromatic heterocycles. The van der Waals surface area contributed by atoms with Crippen LogP contribution >= 0.6 is 0 Å². The third kappa shape index (κ3) is 4.45. The first-order valence-electron chi connectivity index (χ1n) is 7.39. The van der Waals surface area contributed by atoms with Crippen LogP contribution in [0.4, 0.5) is 0 Å². The first kappa shape index (κ1) is 15.3. The molecule has 2 aromatic rings. The monoisotopic (exact) mass is 285 g/mol. The molecule has 1 heterocycles. The summed E-state index contributed by atoms with van der Waals surface area (Å²) >= 11 is 0. The lowest BCUT2D eigenvalue weighted by Gasteiger charge is -2.16. The highest BCUT2D eigenvalue weighted by atomic mass is 16.2. The van der Waals surface area contributed by atoms with Crippen molar-refractivity contribution in [3.63, 3.8) is 0 Å². The number of carbonyl (C=O) groups excluding carboxylic acids is 1. The fraction of sp³-hybridized carbons (Fsp3) is 0.412. The second-order valence-electron chi connectivity index (χ2n) is 5.81. The number of hydrogen-bond donors (Lipinski definition) is 0. The van der Waals surface area contributed by atoms with Gasteiger partial charge in [0.2, 0.25) is 5.91 Å². The summed E-state index contributed by atoms with van der Waals surface area (Å²) in [6, 6.07) is 9.97. The Balaban J connectivity index is 1.95. The van der Waals surface area contributed by atoms with Crippen LogP contribution in [0, 0.1) is 5.92 Å². The molecule has 1 amide bonds. The van der Waals surface area contributed by atoms with E-state index in [1.807, 2.05) is 54.5 Å². The van der Waals surface area contributed by atoms with Crippen LogP contribution in [0.5, 0.6) is 0 Å². The van der Waals surface area contributed by atoms with Gasteiger partial charge in [-0.3, -0.25) is 4.79 Å². The molecule has 21 heavy (non-hydrogen) atoms. The van der Waals surface area contributed by atoms with Gasteiger partial charge in [0.1, 0.15) is 0 Å². The Labute approximate surface area is 126 Å². The molecule has 0 bridgehead atoms. The van der Waals surface area contributed by atoms with Crippen LogP contribution in [0.1, 0.15) is 32.3 Å². The number of benzene rings is 1. The molecule has 0 N–H and O–H groups in total. The third-order valence-electron chi connectivity index (χ3n) is 3.44. The number of amides is 1. The van der Waals surface area contributed by atoms with Crippen molar-refractivity contribution in [2.24, 2.45) is 5.92 Å². The summed E-state index contributed by atoms with van der Waals surface area (Å²) in [5.74, 6) is 0.749. The molecular weight excluding hydrogens is 262 g/mol. The molecule has 112 valence electrons. The first-order valence-corrected chi connectivity index (χ1v) is 7.39. The number of para-hydroxylation sites is 1. The largest absolute Gasteiger partial charge is 0.341 e. The summed E-state index contributed by atoms with van der Waals surface area (Å²) in [6.07, 6.45) is 5.34. The zero-order valence-electron chi connectivity index (χ0n) is 13.0. The van der Waals surface area contributed by atoms with Gasteiger partial charge in [-0.1, -0.05) is 32.0 Å². The second kappa shape index (κ2) is 7.07. The van der Waals surface area contributed by atoms with E-state index in [4.69, 9.17) is 0 Å². The summed E-state index contributed by atoms with van der Waals surface area (Å²) in [4.78, 5) is 13.8. The Bertz CT molecular complexity index is 575. The lowest BCUT2D eigenvalue weighted by molar-refractivity contribution is -0.130. The predicted octanol–water partition coefficient (Wildman–Crippen LogP) is 3.27. The van der Waals surface area contributed by atoms with E-state index in [9.17, 15) is 4.79 Å². The quantitative estimate of drug-likeness (QED) is 0.817. The fourth-order valence-corrected chi connectivity index (χ4v) is 2.13. The molecule has 1 aromatic carbocycles. The predicted molar refractivity (Wildman–Crippen MR) is 84.1 cm³/mol. The van der Waals surface area contributed by atoms with Gasteiger partial charge in [-0.25, -0.2) is 4.68 Å². The minimum atomic E-state index is 0.191. The van der Waals surface area contributed by atoms with Gasteiger partial charge < -0.3 is 4.90 Å². The van der Waals surface area contributed by atoms with Crippen molar-refractivity contribution >= 4 is 5.91 Å². The van der Waals surface area contributed by atoms with Crippen molar-refractivity contribution in [1.82, 2.24) is 14.7 Å². The highest BCUT2D eigenvalue weighted by molar-refractivity contribution is 5.75. The Hall–Kier alpha value is -2.10. The molecule has 0 radical (unpaired) electrons. The summed E-state index contributed by atoms with van der Waals surface area (Å²) in [5.41, 5.74) is 2.07. The summed E-state index contributed by atoms with van der Waals surface area (Å²) in [7, 11) is 1.85. The summed E-state index contributed by atoms with van der Waals surface area (Å²) in [5, 5.41) is 4.35. The van der Waals surface area contributed by atoms with Crippen molar-refractivity contribution in [3.05, 3.63) is 48.3 Å². The molecule has 0 unspecified atom stereocenters. The minimum absolute atomic E-state index is 0.191. The SMILES string of the molecule is CC(C)CCC(=O)N(C)Cc1cnn(-c2ccccc2)c1. The highest BCUT2D eigenvalue weighted by Crippen LogP contribution is 2.11.